The van der Waals surface area contributed by atoms with Crippen molar-refractivity contribution < 1.29 is 9.53 Å². The fourth-order valence-corrected chi connectivity index (χ4v) is 2.50. The van der Waals surface area contributed by atoms with Gasteiger partial charge in [-0.1, -0.05) is 0 Å². The largest absolute Gasteiger partial charge is 0.379 e. The maximum Gasteiger partial charge on any atom is 0.223 e. The van der Waals surface area contributed by atoms with Gasteiger partial charge in [0.05, 0.1) is 13.2 Å². The first-order chi connectivity index (χ1) is 8.75. The molecule has 0 aromatic heterocycles. The topological polar surface area (TPSA) is 44.8 Å². The van der Waals surface area contributed by atoms with E-state index in [4.69, 9.17) is 4.74 Å². The molecule has 1 unspecified atom stereocenters. The minimum absolute atomic E-state index is 0.303. The molecular weight excluding hydrogens is 230 g/mol. The average Bonchev–Trinajstić information content (AvgIpc) is 2.62. The lowest BCUT2D eigenvalue weighted by Crippen LogP contribution is -2.40. The molecule has 2 heterocycles. The first-order valence-electron chi connectivity index (χ1n) is 7.07. The summed E-state index contributed by atoms with van der Waals surface area (Å²) < 4.78 is 5.31. The lowest BCUT2D eigenvalue weighted by atomic mass is 10.2. The molecule has 0 aliphatic carbocycles. The number of nitrogens with one attached hydrogen (secondary N) is 1. The number of hydrogen-bond donors (Lipinski definition) is 1. The van der Waals surface area contributed by atoms with E-state index in [9.17, 15) is 4.79 Å². The predicted molar refractivity (Wildman–Crippen MR) is 70.5 cm³/mol. The molecular formula is C13H25N3O2. The molecule has 0 bridgehead atoms. The predicted octanol–water partition coefficient (Wildman–Crippen LogP) is -0.0809. The van der Waals surface area contributed by atoms with Gasteiger partial charge in [0.15, 0.2) is 0 Å². The molecule has 1 atom stereocenters. The highest BCUT2D eigenvalue weighted by atomic mass is 16.5. The van der Waals surface area contributed by atoms with E-state index < -0.39 is 0 Å². The Balaban J connectivity index is 1.69. The van der Waals surface area contributed by atoms with Gasteiger partial charge in [0.2, 0.25) is 5.91 Å². The molecule has 1 amide bonds. The van der Waals surface area contributed by atoms with E-state index in [0.29, 0.717) is 18.4 Å². The van der Waals surface area contributed by atoms with E-state index in [1.54, 1.807) is 0 Å². The number of hydrogen-bond acceptors (Lipinski definition) is 4. The van der Waals surface area contributed by atoms with E-state index in [-0.39, 0.29) is 0 Å². The zero-order valence-electron chi connectivity index (χ0n) is 11.4. The zero-order chi connectivity index (χ0) is 12.8. The van der Waals surface area contributed by atoms with Crippen molar-refractivity contribution in [3.8, 4) is 0 Å². The SMILES string of the molecule is CC1CCN(C(=O)CCN2CCOCC2)CCN1. The number of carbonyl (C=O) groups is 1. The molecule has 5 heteroatoms. The number of ether oxygens (including phenoxy) is 1. The van der Waals surface area contributed by atoms with Crippen molar-refractivity contribution in [2.45, 2.75) is 25.8 Å². The number of morpholine rings is 1. The third-order valence-corrected chi connectivity index (χ3v) is 3.80. The molecule has 2 aliphatic rings. The Labute approximate surface area is 109 Å². The van der Waals surface area contributed by atoms with Gasteiger partial charge in [0.1, 0.15) is 0 Å². The molecule has 0 radical (unpaired) electrons. The maximum atomic E-state index is 12.1. The summed E-state index contributed by atoms with van der Waals surface area (Å²) in [4.78, 5) is 16.5. The molecule has 18 heavy (non-hydrogen) atoms. The summed E-state index contributed by atoms with van der Waals surface area (Å²) in [5, 5.41) is 3.41. The summed E-state index contributed by atoms with van der Waals surface area (Å²) in [7, 11) is 0. The van der Waals surface area contributed by atoms with Gasteiger partial charge in [-0.05, 0) is 13.3 Å². The highest BCUT2D eigenvalue weighted by Crippen LogP contribution is 2.05. The van der Waals surface area contributed by atoms with Crippen molar-refractivity contribution in [3.05, 3.63) is 0 Å². The Morgan fingerprint density at radius 2 is 2.06 bits per heavy atom. The van der Waals surface area contributed by atoms with Crippen LogP contribution >= 0.6 is 0 Å². The van der Waals surface area contributed by atoms with E-state index in [1.165, 1.54) is 0 Å². The van der Waals surface area contributed by atoms with Gasteiger partial charge >= 0.3 is 0 Å². The van der Waals surface area contributed by atoms with Gasteiger partial charge < -0.3 is 15.0 Å². The second-order valence-electron chi connectivity index (χ2n) is 5.23. The normalized spacial score (nSPS) is 26.9. The van der Waals surface area contributed by atoms with E-state index in [1.807, 2.05) is 4.90 Å². The lowest BCUT2D eigenvalue weighted by Gasteiger charge is -2.27. The number of amides is 1. The van der Waals surface area contributed by atoms with Crippen molar-refractivity contribution >= 4 is 5.91 Å². The molecule has 2 aliphatic heterocycles. The summed E-state index contributed by atoms with van der Waals surface area (Å²) >= 11 is 0. The minimum atomic E-state index is 0.303. The molecule has 5 nitrogen and oxygen atoms in total. The van der Waals surface area contributed by atoms with Crippen molar-refractivity contribution in [1.82, 2.24) is 15.1 Å². The van der Waals surface area contributed by atoms with Crippen LogP contribution in [0.2, 0.25) is 0 Å². The maximum absolute atomic E-state index is 12.1. The van der Waals surface area contributed by atoms with Crippen LogP contribution < -0.4 is 5.32 Å². The highest BCUT2D eigenvalue weighted by molar-refractivity contribution is 5.76. The monoisotopic (exact) mass is 255 g/mol. The third kappa shape index (κ3) is 4.23. The molecule has 0 saturated carbocycles. The standard InChI is InChI=1S/C13H25N3O2/c1-12-2-6-16(7-4-14-12)13(17)3-5-15-8-10-18-11-9-15/h12,14H,2-11H2,1H3. The fourth-order valence-electron chi connectivity index (χ4n) is 2.50. The van der Waals surface area contributed by atoms with E-state index in [2.05, 4.69) is 17.1 Å². The van der Waals surface area contributed by atoms with E-state index in [0.717, 1.165) is 58.9 Å². The van der Waals surface area contributed by atoms with Crippen LogP contribution in [0.3, 0.4) is 0 Å². The van der Waals surface area contributed by atoms with Gasteiger partial charge in [0.25, 0.3) is 0 Å². The molecule has 0 spiro atoms. The second kappa shape index (κ2) is 7.07. The molecule has 2 fully saturated rings. The van der Waals surface area contributed by atoms with Crippen LogP contribution in [0.5, 0.6) is 0 Å². The van der Waals surface area contributed by atoms with Gasteiger partial charge in [-0.3, -0.25) is 9.69 Å². The van der Waals surface area contributed by atoms with Crippen molar-refractivity contribution in [2.24, 2.45) is 0 Å². The molecule has 2 saturated heterocycles. The third-order valence-electron chi connectivity index (χ3n) is 3.80. The van der Waals surface area contributed by atoms with Crippen LogP contribution in [0.15, 0.2) is 0 Å². The van der Waals surface area contributed by atoms with Crippen LogP contribution in [-0.2, 0) is 9.53 Å². The Kier molecular flexibility index (Phi) is 5.41. The zero-order valence-corrected chi connectivity index (χ0v) is 11.4. The Hall–Kier alpha value is -0.650. The number of carbonyl (C=O) groups excluding carboxylic acids is 1. The van der Waals surface area contributed by atoms with Crippen molar-refractivity contribution in [3.63, 3.8) is 0 Å². The molecule has 0 aromatic carbocycles. The Morgan fingerprint density at radius 3 is 2.83 bits per heavy atom. The van der Waals surface area contributed by atoms with Gasteiger partial charge in [0, 0.05) is 51.7 Å². The van der Waals surface area contributed by atoms with Gasteiger partial charge in [-0.25, -0.2) is 0 Å². The van der Waals surface area contributed by atoms with Crippen LogP contribution in [-0.4, -0.2) is 74.2 Å². The van der Waals surface area contributed by atoms with Crippen LogP contribution in [0.4, 0.5) is 0 Å². The van der Waals surface area contributed by atoms with Gasteiger partial charge in [-0.15, -0.1) is 0 Å². The van der Waals surface area contributed by atoms with Crippen molar-refractivity contribution in [1.29, 1.82) is 0 Å². The first-order valence-corrected chi connectivity index (χ1v) is 7.07. The summed E-state index contributed by atoms with van der Waals surface area (Å²) in [5.74, 6) is 0.303. The molecule has 2 rings (SSSR count). The quantitative estimate of drug-likeness (QED) is 0.766. The second-order valence-corrected chi connectivity index (χ2v) is 5.23. The van der Waals surface area contributed by atoms with Crippen LogP contribution in [0, 0.1) is 0 Å². The number of rotatable bonds is 3. The Morgan fingerprint density at radius 1 is 1.28 bits per heavy atom. The minimum Gasteiger partial charge on any atom is -0.379 e. The van der Waals surface area contributed by atoms with Crippen LogP contribution in [0.1, 0.15) is 19.8 Å². The molecule has 104 valence electrons. The highest BCUT2D eigenvalue weighted by Gasteiger charge is 2.19. The molecule has 1 N–H and O–H groups in total. The van der Waals surface area contributed by atoms with Crippen LogP contribution in [0.25, 0.3) is 0 Å². The number of nitrogens with zero attached hydrogens (tertiary/aromatic N) is 2. The summed E-state index contributed by atoms with van der Waals surface area (Å²) in [6.45, 7) is 9.27. The first kappa shape index (κ1) is 13.8. The summed E-state index contributed by atoms with van der Waals surface area (Å²) in [5.41, 5.74) is 0. The lowest BCUT2D eigenvalue weighted by molar-refractivity contribution is -0.131. The van der Waals surface area contributed by atoms with Crippen molar-refractivity contribution in [2.75, 3.05) is 52.5 Å². The smallest absolute Gasteiger partial charge is 0.223 e. The van der Waals surface area contributed by atoms with E-state index >= 15 is 0 Å². The summed E-state index contributed by atoms with van der Waals surface area (Å²) in [6.07, 6.45) is 1.71. The Bertz CT molecular complexity index is 267. The van der Waals surface area contributed by atoms with Gasteiger partial charge in [-0.2, -0.15) is 0 Å². The average molecular weight is 255 g/mol. The molecule has 0 aromatic rings. The fraction of sp³-hybridized carbons (Fsp3) is 0.923. The summed E-state index contributed by atoms with van der Waals surface area (Å²) in [6, 6.07) is 0.530.